The molecule has 2 rings (SSSR count). The molecule has 1 aliphatic rings. The number of sulfone groups is 1. The second kappa shape index (κ2) is 7.20. The van der Waals surface area contributed by atoms with E-state index >= 15 is 0 Å². The summed E-state index contributed by atoms with van der Waals surface area (Å²) >= 11 is 0. The maximum absolute atomic E-state index is 12.4. The molecule has 1 heterocycles. The fourth-order valence-electron chi connectivity index (χ4n) is 2.67. The van der Waals surface area contributed by atoms with Gasteiger partial charge in [-0.15, -0.1) is 0 Å². The quantitative estimate of drug-likeness (QED) is 0.803. The molecule has 134 valence electrons. The van der Waals surface area contributed by atoms with E-state index in [9.17, 15) is 21.6 Å². The monoisotopic (exact) mass is 374 g/mol. The van der Waals surface area contributed by atoms with Gasteiger partial charge >= 0.3 is 0 Å². The highest BCUT2D eigenvalue weighted by Gasteiger charge is 2.33. The van der Waals surface area contributed by atoms with Gasteiger partial charge in [0.25, 0.3) is 0 Å². The summed E-state index contributed by atoms with van der Waals surface area (Å²) < 4.78 is 49.0. The fourth-order valence-corrected chi connectivity index (χ4v) is 5.87. The molecule has 0 unspecified atom stereocenters. The average Bonchev–Trinajstić information content (AvgIpc) is 2.89. The number of anilines is 1. The normalized spacial score (nSPS) is 20.2. The lowest BCUT2D eigenvalue weighted by Crippen LogP contribution is -2.30. The zero-order valence-electron chi connectivity index (χ0n) is 13.7. The molecule has 24 heavy (non-hydrogen) atoms. The van der Waals surface area contributed by atoms with Crippen molar-refractivity contribution in [2.75, 3.05) is 29.9 Å². The first-order valence-corrected chi connectivity index (χ1v) is 11.1. The average molecular weight is 374 g/mol. The second-order valence-electron chi connectivity index (χ2n) is 5.70. The number of nitrogens with zero attached hydrogens (tertiary/aromatic N) is 1. The molecule has 1 N–H and O–H groups in total. The van der Waals surface area contributed by atoms with Crippen LogP contribution in [-0.4, -0.2) is 51.6 Å². The lowest BCUT2D eigenvalue weighted by molar-refractivity contribution is -0.119. The van der Waals surface area contributed by atoms with Crippen molar-refractivity contribution < 1.29 is 21.6 Å². The van der Waals surface area contributed by atoms with Gasteiger partial charge in [-0.1, -0.05) is 13.8 Å². The molecule has 0 bridgehead atoms. The van der Waals surface area contributed by atoms with Crippen LogP contribution in [0.3, 0.4) is 0 Å². The molecule has 1 saturated heterocycles. The van der Waals surface area contributed by atoms with Crippen LogP contribution in [0, 0.1) is 5.92 Å². The predicted molar refractivity (Wildman–Crippen MR) is 91.9 cm³/mol. The first-order chi connectivity index (χ1) is 11.2. The zero-order valence-corrected chi connectivity index (χ0v) is 15.4. The van der Waals surface area contributed by atoms with Gasteiger partial charge in [0.2, 0.25) is 15.9 Å². The summed E-state index contributed by atoms with van der Waals surface area (Å²) in [5.74, 6) is -0.996. The first kappa shape index (κ1) is 18.9. The van der Waals surface area contributed by atoms with Crippen LogP contribution in [0.2, 0.25) is 0 Å². The summed E-state index contributed by atoms with van der Waals surface area (Å²) in [6.45, 7) is 4.30. The Morgan fingerprint density at radius 3 is 2.25 bits per heavy atom. The summed E-state index contributed by atoms with van der Waals surface area (Å²) in [5.41, 5.74) is 0.447. The summed E-state index contributed by atoms with van der Waals surface area (Å²) in [4.78, 5) is 12.2. The summed E-state index contributed by atoms with van der Waals surface area (Å²) in [7, 11) is -6.66. The van der Waals surface area contributed by atoms with Crippen molar-refractivity contribution >= 4 is 31.5 Å². The van der Waals surface area contributed by atoms with E-state index in [4.69, 9.17) is 0 Å². The molecule has 0 aromatic heterocycles. The van der Waals surface area contributed by atoms with Gasteiger partial charge in [-0.25, -0.2) is 16.8 Å². The van der Waals surface area contributed by atoms with Crippen LogP contribution in [0.4, 0.5) is 5.69 Å². The highest BCUT2D eigenvalue weighted by atomic mass is 32.2. The molecule has 1 aliphatic heterocycles. The van der Waals surface area contributed by atoms with Gasteiger partial charge in [0.05, 0.1) is 22.3 Å². The summed E-state index contributed by atoms with van der Waals surface area (Å²) in [6.07, 6.45) is 0.322. The zero-order chi connectivity index (χ0) is 18.0. The number of carbonyl (C=O) groups is 1. The number of benzene rings is 1. The van der Waals surface area contributed by atoms with Gasteiger partial charge in [0.15, 0.2) is 9.84 Å². The maximum Gasteiger partial charge on any atom is 0.243 e. The molecule has 1 aromatic carbocycles. The maximum atomic E-state index is 12.4. The second-order valence-corrected chi connectivity index (χ2v) is 9.87. The van der Waals surface area contributed by atoms with Crippen LogP contribution >= 0.6 is 0 Å². The van der Waals surface area contributed by atoms with E-state index in [-0.39, 0.29) is 22.3 Å². The minimum Gasteiger partial charge on any atom is -0.326 e. The van der Waals surface area contributed by atoms with E-state index in [0.29, 0.717) is 25.2 Å². The van der Waals surface area contributed by atoms with Crippen molar-refractivity contribution in [3.63, 3.8) is 0 Å². The molecule has 0 aliphatic carbocycles. The number of amides is 1. The smallest absolute Gasteiger partial charge is 0.243 e. The third-order valence-electron chi connectivity index (χ3n) is 4.07. The number of hydrogen-bond acceptors (Lipinski definition) is 5. The van der Waals surface area contributed by atoms with Crippen LogP contribution in [-0.2, 0) is 24.7 Å². The van der Waals surface area contributed by atoms with E-state index in [1.807, 2.05) is 0 Å². The van der Waals surface area contributed by atoms with Crippen molar-refractivity contribution in [1.82, 2.24) is 4.31 Å². The van der Waals surface area contributed by atoms with Crippen molar-refractivity contribution in [1.29, 1.82) is 0 Å². The van der Waals surface area contributed by atoms with Crippen LogP contribution in [0.15, 0.2) is 29.2 Å². The predicted octanol–water partition coefficient (Wildman–Crippen LogP) is 1.09. The van der Waals surface area contributed by atoms with Crippen LogP contribution in [0.5, 0.6) is 0 Å². The number of rotatable bonds is 6. The molecular formula is C15H22N2O5S2. The van der Waals surface area contributed by atoms with Gasteiger partial charge in [0.1, 0.15) is 0 Å². The Hall–Kier alpha value is -1.45. The van der Waals surface area contributed by atoms with Crippen molar-refractivity contribution in [3.05, 3.63) is 24.3 Å². The Kier molecular flexibility index (Phi) is 5.67. The topological polar surface area (TPSA) is 101 Å². The number of sulfonamides is 1. The minimum absolute atomic E-state index is 0.0339. The van der Waals surface area contributed by atoms with E-state index in [1.54, 1.807) is 13.8 Å². The minimum atomic E-state index is -3.54. The molecule has 9 heteroatoms. The van der Waals surface area contributed by atoms with Crippen molar-refractivity contribution in [2.45, 2.75) is 25.2 Å². The molecule has 1 aromatic rings. The van der Waals surface area contributed by atoms with Gasteiger partial charge < -0.3 is 5.32 Å². The molecule has 1 fully saturated rings. The van der Waals surface area contributed by atoms with Gasteiger partial charge in [0, 0.05) is 18.8 Å². The third kappa shape index (κ3) is 4.14. The molecule has 1 atom stereocenters. The van der Waals surface area contributed by atoms with E-state index in [2.05, 4.69) is 5.32 Å². The molecule has 0 spiro atoms. The number of hydrogen-bond donors (Lipinski definition) is 1. The van der Waals surface area contributed by atoms with Crippen LogP contribution in [0.25, 0.3) is 0 Å². The Morgan fingerprint density at radius 1 is 1.21 bits per heavy atom. The number of nitrogens with one attached hydrogen (secondary N) is 1. The van der Waals surface area contributed by atoms with E-state index in [1.165, 1.54) is 28.6 Å². The third-order valence-corrected chi connectivity index (χ3v) is 7.90. The van der Waals surface area contributed by atoms with Crippen LogP contribution < -0.4 is 5.32 Å². The van der Waals surface area contributed by atoms with Gasteiger partial charge in [-0.2, -0.15) is 4.31 Å². The Bertz CT molecular complexity index is 797. The summed E-state index contributed by atoms with van der Waals surface area (Å²) in [5, 5.41) is 2.65. The Morgan fingerprint density at radius 2 is 1.79 bits per heavy atom. The largest absolute Gasteiger partial charge is 0.326 e. The molecular weight excluding hydrogens is 352 g/mol. The highest BCUT2D eigenvalue weighted by molar-refractivity contribution is 7.91. The van der Waals surface area contributed by atoms with Gasteiger partial charge in [-0.05, 0) is 30.7 Å². The Labute approximate surface area is 143 Å². The highest BCUT2D eigenvalue weighted by Crippen LogP contribution is 2.22. The molecule has 1 amide bonds. The fraction of sp³-hybridized carbons (Fsp3) is 0.533. The lowest BCUT2D eigenvalue weighted by atomic mass is 10.1. The standard InChI is InChI=1S/C15H22N2O5S2/c1-3-17(4-2)24(21,22)14-7-5-13(6-8-14)16-15(18)12-9-10-23(19,20)11-12/h5-8,12H,3-4,9-11H2,1-2H3,(H,16,18)/t12-/m1/s1. The van der Waals surface area contributed by atoms with E-state index < -0.39 is 25.8 Å². The number of carbonyl (C=O) groups excluding carboxylic acids is 1. The Balaban J connectivity index is 2.09. The van der Waals surface area contributed by atoms with E-state index in [0.717, 1.165) is 0 Å². The molecule has 7 nitrogen and oxygen atoms in total. The van der Waals surface area contributed by atoms with Crippen molar-refractivity contribution in [2.24, 2.45) is 5.92 Å². The lowest BCUT2D eigenvalue weighted by Gasteiger charge is -2.18. The SMILES string of the molecule is CCN(CC)S(=O)(=O)c1ccc(NC(=O)[C@@H]2CCS(=O)(=O)C2)cc1. The molecule has 0 radical (unpaired) electrons. The first-order valence-electron chi connectivity index (χ1n) is 7.81. The molecule has 0 saturated carbocycles. The van der Waals surface area contributed by atoms with Gasteiger partial charge in [-0.3, -0.25) is 4.79 Å². The van der Waals surface area contributed by atoms with Crippen LogP contribution in [0.1, 0.15) is 20.3 Å². The summed E-state index contributed by atoms with van der Waals surface area (Å²) in [6, 6.07) is 5.90. The van der Waals surface area contributed by atoms with Crippen molar-refractivity contribution in [3.8, 4) is 0 Å².